The average molecular weight is 261 g/mol. The Morgan fingerprint density at radius 1 is 1.00 bits per heavy atom. The SMILES string of the molecule is NCCN(CCN1CCCCC1)Cc1ccccc1. The van der Waals surface area contributed by atoms with Crippen LogP contribution in [0.5, 0.6) is 0 Å². The highest BCUT2D eigenvalue weighted by atomic mass is 15.2. The first-order valence-corrected chi connectivity index (χ1v) is 7.57. The van der Waals surface area contributed by atoms with E-state index in [0.29, 0.717) is 0 Å². The number of hydrogen-bond acceptors (Lipinski definition) is 3. The zero-order valence-electron chi connectivity index (χ0n) is 11.9. The molecule has 3 nitrogen and oxygen atoms in total. The molecule has 1 aromatic rings. The summed E-state index contributed by atoms with van der Waals surface area (Å²) in [5.41, 5.74) is 7.12. The molecule has 19 heavy (non-hydrogen) atoms. The topological polar surface area (TPSA) is 32.5 Å². The van der Waals surface area contributed by atoms with E-state index in [2.05, 4.69) is 40.1 Å². The predicted octanol–water partition coefficient (Wildman–Crippen LogP) is 1.93. The molecule has 0 aromatic heterocycles. The van der Waals surface area contributed by atoms with E-state index in [-0.39, 0.29) is 0 Å². The Hall–Kier alpha value is -0.900. The Morgan fingerprint density at radius 3 is 2.42 bits per heavy atom. The maximum Gasteiger partial charge on any atom is 0.0234 e. The summed E-state index contributed by atoms with van der Waals surface area (Å²) in [5, 5.41) is 0. The smallest absolute Gasteiger partial charge is 0.0234 e. The molecule has 1 fully saturated rings. The van der Waals surface area contributed by atoms with Crippen molar-refractivity contribution in [3.8, 4) is 0 Å². The van der Waals surface area contributed by atoms with Crippen molar-refractivity contribution in [1.82, 2.24) is 9.80 Å². The molecule has 0 unspecified atom stereocenters. The van der Waals surface area contributed by atoms with Crippen LogP contribution in [-0.2, 0) is 6.54 Å². The van der Waals surface area contributed by atoms with Gasteiger partial charge in [0.25, 0.3) is 0 Å². The molecular weight excluding hydrogens is 234 g/mol. The van der Waals surface area contributed by atoms with Gasteiger partial charge in [-0.15, -0.1) is 0 Å². The lowest BCUT2D eigenvalue weighted by Gasteiger charge is -2.30. The first kappa shape index (κ1) is 14.5. The van der Waals surface area contributed by atoms with Crippen LogP contribution < -0.4 is 5.73 Å². The van der Waals surface area contributed by atoms with Gasteiger partial charge in [-0.05, 0) is 31.5 Å². The van der Waals surface area contributed by atoms with E-state index < -0.39 is 0 Å². The molecule has 0 bridgehead atoms. The van der Waals surface area contributed by atoms with Gasteiger partial charge in [0.15, 0.2) is 0 Å². The first-order valence-electron chi connectivity index (χ1n) is 7.57. The maximum absolute atomic E-state index is 5.74. The fraction of sp³-hybridized carbons (Fsp3) is 0.625. The molecule has 0 atom stereocenters. The quantitative estimate of drug-likeness (QED) is 0.814. The van der Waals surface area contributed by atoms with E-state index in [1.54, 1.807) is 0 Å². The Balaban J connectivity index is 1.78. The molecule has 0 aliphatic carbocycles. The summed E-state index contributed by atoms with van der Waals surface area (Å²) >= 11 is 0. The minimum Gasteiger partial charge on any atom is -0.329 e. The van der Waals surface area contributed by atoms with Crippen molar-refractivity contribution >= 4 is 0 Å². The molecule has 106 valence electrons. The van der Waals surface area contributed by atoms with E-state index >= 15 is 0 Å². The van der Waals surface area contributed by atoms with Crippen molar-refractivity contribution in [3.05, 3.63) is 35.9 Å². The molecule has 1 aliphatic heterocycles. The summed E-state index contributed by atoms with van der Waals surface area (Å²) < 4.78 is 0. The van der Waals surface area contributed by atoms with Gasteiger partial charge in [-0.2, -0.15) is 0 Å². The fourth-order valence-electron chi connectivity index (χ4n) is 2.76. The monoisotopic (exact) mass is 261 g/mol. The van der Waals surface area contributed by atoms with Crippen LogP contribution in [-0.4, -0.2) is 49.1 Å². The molecule has 1 aliphatic rings. The van der Waals surface area contributed by atoms with Gasteiger partial charge in [0.05, 0.1) is 0 Å². The summed E-state index contributed by atoms with van der Waals surface area (Å²) in [6.45, 7) is 7.63. The van der Waals surface area contributed by atoms with Crippen LogP contribution in [0.15, 0.2) is 30.3 Å². The molecule has 1 heterocycles. The van der Waals surface area contributed by atoms with Gasteiger partial charge >= 0.3 is 0 Å². The lowest BCUT2D eigenvalue weighted by atomic mass is 10.1. The molecule has 0 spiro atoms. The zero-order valence-corrected chi connectivity index (χ0v) is 11.9. The molecule has 1 aromatic carbocycles. The van der Waals surface area contributed by atoms with Crippen LogP contribution in [0.25, 0.3) is 0 Å². The van der Waals surface area contributed by atoms with Crippen molar-refractivity contribution in [2.75, 3.05) is 39.3 Å². The number of hydrogen-bond donors (Lipinski definition) is 1. The number of nitrogens with two attached hydrogens (primary N) is 1. The van der Waals surface area contributed by atoms with Gasteiger partial charge in [-0.25, -0.2) is 0 Å². The van der Waals surface area contributed by atoms with Gasteiger partial charge in [-0.1, -0.05) is 36.8 Å². The Labute approximate surface area is 117 Å². The van der Waals surface area contributed by atoms with Crippen LogP contribution in [0.4, 0.5) is 0 Å². The second-order valence-electron chi connectivity index (χ2n) is 5.45. The lowest BCUT2D eigenvalue weighted by molar-refractivity contribution is 0.180. The molecule has 1 saturated heterocycles. The third-order valence-corrected chi connectivity index (χ3v) is 3.88. The van der Waals surface area contributed by atoms with Crippen LogP contribution >= 0.6 is 0 Å². The van der Waals surface area contributed by atoms with E-state index in [4.69, 9.17) is 5.73 Å². The van der Waals surface area contributed by atoms with Gasteiger partial charge in [-0.3, -0.25) is 4.90 Å². The van der Waals surface area contributed by atoms with Gasteiger partial charge in [0, 0.05) is 32.7 Å². The highest BCUT2D eigenvalue weighted by Crippen LogP contribution is 2.09. The molecular formula is C16H27N3. The number of benzene rings is 1. The molecule has 0 radical (unpaired) electrons. The van der Waals surface area contributed by atoms with E-state index in [9.17, 15) is 0 Å². The summed E-state index contributed by atoms with van der Waals surface area (Å²) in [6, 6.07) is 10.7. The summed E-state index contributed by atoms with van der Waals surface area (Å²) in [5.74, 6) is 0. The van der Waals surface area contributed by atoms with Crippen molar-refractivity contribution in [2.24, 2.45) is 5.73 Å². The largest absolute Gasteiger partial charge is 0.329 e. The highest BCUT2D eigenvalue weighted by molar-refractivity contribution is 5.14. The fourth-order valence-corrected chi connectivity index (χ4v) is 2.76. The zero-order chi connectivity index (χ0) is 13.3. The van der Waals surface area contributed by atoms with Crippen molar-refractivity contribution in [3.63, 3.8) is 0 Å². The summed E-state index contributed by atoms with van der Waals surface area (Å²) in [6.07, 6.45) is 4.15. The van der Waals surface area contributed by atoms with Gasteiger partial charge in [0.2, 0.25) is 0 Å². The summed E-state index contributed by atoms with van der Waals surface area (Å²) in [7, 11) is 0. The third kappa shape index (κ3) is 5.31. The predicted molar refractivity (Wildman–Crippen MR) is 81.1 cm³/mol. The molecule has 0 saturated carbocycles. The average Bonchev–Trinajstić information content (AvgIpc) is 2.47. The minimum atomic E-state index is 0.743. The van der Waals surface area contributed by atoms with Crippen LogP contribution in [0.1, 0.15) is 24.8 Å². The maximum atomic E-state index is 5.74. The van der Waals surface area contributed by atoms with Crippen LogP contribution in [0.3, 0.4) is 0 Å². The third-order valence-electron chi connectivity index (χ3n) is 3.88. The number of likely N-dealkylation sites (tertiary alicyclic amines) is 1. The van der Waals surface area contributed by atoms with Crippen molar-refractivity contribution in [2.45, 2.75) is 25.8 Å². The highest BCUT2D eigenvalue weighted by Gasteiger charge is 2.12. The Bertz CT molecular complexity index is 333. The molecule has 3 heteroatoms. The van der Waals surface area contributed by atoms with Gasteiger partial charge < -0.3 is 10.6 Å². The van der Waals surface area contributed by atoms with Gasteiger partial charge in [0.1, 0.15) is 0 Å². The van der Waals surface area contributed by atoms with Crippen LogP contribution in [0.2, 0.25) is 0 Å². The normalized spacial score (nSPS) is 16.9. The van der Waals surface area contributed by atoms with Crippen LogP contribution in [0, 0.1) is 0 Å². The van der Waals surface area contributed by atoms with Crippen molar-refractivity contribution in [1.29, 1.82) is 0 Å². The Morgan fingerprint density at radius 2 is 1.74 bits per heavy atom. The first-order chi connectivity index (χ1) is 9.38. The molecule has 2 N–H and O–H groups in total. The van der Waals surface area contributed by atoms with E-state index in [1.807, 2.05) is 0 Å². The van der Waals surface area contributed by atoms with E-state index in [0.717, 1.165) is 26.2 Å². The second kappa shape index (κ2) is 8.31. The van der Waals surface area contributed by atoms with Crippen molar-refractivity contribution < 1.29 is 0 Å². The standard InChI is InChI=1S/C16H27N3/c17-9-12-19(15-16-7-3-1-4-8-16)14-13-18-10-5-2-6-11-18/h1,3-4,7-8H,2,5-6,9-15,17H2. The second-order valence-corrected chi connectivity index (χ2v) is 5.45. The number of rotatable bonds is 7. The minimum absolute atomic E-state index is 0.743. The summed E-state index contributed by atoms with van der Waals surface area (Å²) in [4.78, 5) is 5.07. The van der Waals surface area contributed by atoms with E-state index in [1.165, 1.54) is 44.5 Å². The lowest BCUT2D eigenvalue weighted by Crippen LogP contribution is -2.39. The Kier molecular flexibility index (Phi) is 6.34. The molecule has 2 rings (SSSR count). The number of piperidine rings is 1. The molecule has 0 amide bonds. The number of nitrogens with zero attached hydrogens (tertiary/aromatic N) is 2.